The molecule has 0 bridgehead atoms. The van der Waals surface area contributed by atoms with Gasteiger partial charge in [-0.05, 0) is 12.8 Å². The molecule has 0 aromatic rings. The highest BCUT2D eigenvalue weighted by atomic mass is 16.6. The number of nitrogens with two attached hydrogens (primary N) is 2. The summed E-state index contributed by atoms with van der Waals surface area (Å²) in [6.07, 6.45) is 3.62. The summed E-state index contributed by atoms with van der Waals surface area (Å²) in [5.41, 5.74) is 0. The van der Waals surface area contributed by atoms with Gasteiger partial charge in [0.05, 0.1) is 0 Å². The fraction of sp³-hybridized carbons (Fsp3) is 0.714. The van der Waals surface area contributed by atoms with Gasteiger partial charge in [-0.1, -0.05) is 6.42 Å². The molecule has 0 unspecified atom stereocenters. The lowest BCUT2D eigenvalue weighted by molar-refractivity contribution is 0.302. The summed E-state index contributed by atoms with van der Waals surface area (Å²) in [4.78, 5) is 8.39. The Morgan fingerprint density at radius 1 is 0.846 bits per heavy atom. The maximum Gasteiger partial charge on any atom is 0.206 e. The van der Waals surface area contributed by atoms with Gasteiger partial charge in [0.15, 0.2) is 0 Å². The Labute approximate surface area is 77.1 Å². The summed E-state index contributed by atoms with van der Waals surface area (Å²) >= 11 is 0. The van der Waals surface area contributed by atoms with Crippen molar-refractivity contribution in [2.75, 3.05) is 0 Å². The van der Waals surface area contributed by atoms with Gasteiger partial charge in [0, 0.05) is 12.8 Å². The van der Waals surface area contributed by atoms with Crippen molar-refractivity contribution in [1.29, 1.82) is 10.8 Å². The Hall–Kier alpha value is -1.14. The first kappa shape index (κ1) is 11.9. The third-order valence-electron chi connectivity index (χ3n) is 1.59. The highest BCUT2D eigenvalue weighted by molar-refractivity contribution is 5.72. The lowest BCUT2D eigenvalue weighted by Crippen LogP contribution is -2.09. The van der Waals surface area contributed by atoms with E-state index in [0.717, 1.165) is 19.3 Å². The zero-order chi connectivity index (χ0) is 10.1. The first-order valence-electron chi connectivity index (χ1n) is 4.09. The van der Waals surface area contributed by atoms with Gasteiger partial charge in [-0.2, -0.15) is 11.8 Å². The number of hydrogen-bond acceptors (Lipinski definition) is 6. The fourth-order valence-electron chi connectivity index (χ4n) is 0.866. The number of nitrogens with one attached hydrogen (secondary N) is 2. The van der Waals surface area contributed by atoms with Gasteiger partial charge in [0.1, 0.15) is 0 Å². The van der Waals surface area contributed by atoms with Crippen LogP contribution in [0.3, 0.4) is 0 Å². The summed E-state index contributed by atoms with van der Waals surface area (Å²) in [7, 11) is 0. The van der Waals surface area contributed by atoms with Crippen LogP contribution < -0.4 is 11.8 Å². The standard InChI is InChI=1S/C7H16N4O2/c8-6(12-10)4-2-1-3-5-7(9)13-11/h8-9H,1-5,10-11H2. The van der Waals surface area contributed by atoms with Crippen molar-refractivity contribution in [3.8, 4) is 0 Å². The topological polar surface area (TPSA) is 118 Å². The molecule has 0 spiro atoms. The van der Waals surface area contributed by atoms with E-state index in [4.69, 9.17) is 22.6 Å². The highest BCUT2D eigenvalue weighted by Crippen LogP contribution is 2.04. The maximum absolute atomic E-state index is 7.06. The molecule has 0 saturated heterocycles. The first-order chi connectivity index (χ1) is 6.20. The maximum atomic E-state index is 7.06. The SMILES string of the molecule is N=C(CCCCCC(=N)ON)ON. The van der Waals surface area contributed by atoms with Crippen molar-refractivity contribution in [2.24, 2.45) is 11.8 Å². The van der Waals surface area contributed by atoms with Crippen molar-refractivity contribution in [1.82, 2.24) is 0 Å². The Balaban J connectivity index is 3.17. The second-order valence-electron chi connectivity index (χ2n) is 2.64. The van der Waals surface area contributed by atoms with Gasteiger partial charge >= 0.3 is 0 Å². The van der Waals surface area contributed by atoms with Gasteiger partial charge in [0.25, 0.3) is 0 Å². The van der Waals surface area contributed by atoms with E-state index in [1.54, 1.807) is 0 Å². The van der Waals surface area contributed by atoms with Gasteiger partial charge in [-0.15, -0.1) is 0 Å². The van der Waals surface area contributed by atoms with E-state index >= 15 is 0 Å². The molecule has 0 fully saturated rings. The largest absolute Gasteiger partial charge is 0.396 e. The molecule has 0 aliphatic carbocycles. The molecule has 0 atom stereocenters. The molecule has 6 heteroatoms. The zero-order valence-corrected chi connectivity index (χ0v) is 7.51. The van der Waals surface area contributed by atoms with Crippen LogP contribution >= 0.6 is 0 Å². The number of hydrogen-bond donors (Lipinski definition) is 4. The molecule has 0 aliphatic heterocycles. The number of unbranched alkanes of at least 4 members (excludes halogenated alkanes) is 2. The van der Waals surface area contributed by atoms with Crippen molar-refractivity contribution in [3.05, 3.63) is 0 Å². The van der Waals surface area contributed by atoms with Gasteiger partial charge in [0.2, 0.25) is 11.8 Å². The minimum absolute atomic E-state index is 0.0881. The summed E-state index contributed by atoms with van der Waals surface area (Å²) in [5, 5.41) is 14.1. The second-order valence-corrected chi connectivity index (χ2v) is 2.64. The van der Waals surface area contributed by atoms with Crippen LogP contribution in [0, 0.1) is 10.8 Å². The smallest absolute Gasteiger partial charge is 0.206 e. The summed E-state index contributed by atoms with van der Waals surface area (Å²) in [6.45, 7) is 0. The van der Waals surface area contributed by atoms with Crippen LogP contribution in [0.1, 0.15) is 32.1 Å². The van der Waals surface area contributed by atoms with E-state index in [1.807, 2.05) is 0 Å². The van der Waals surface area contributed by atoms with Crippen LogP contribution in [0.25, 0.3) is 0 Å². The molecule has 0 heterocycles. The molecule has 6 N–H and O–H groups in total. The minimum Gasteiger partial charge on any atom is -0.396 e. The van der Waals surface area contributed by atoms with Crippen LogP contribution in [0.5, 0.6) is 0 Å². The molecule has 0 rings (SSSR count). The summed E-state index contributed by atoms with van der Waals surface area (Å²) in [6, 6.07) is 0. The second kappa shape index (κ2) is 7.51. The van der Waals surface area contributed by atoms with Gasteiger partial charge < -0.3 is 9.68 Å². The van der Waals surface area contributed by atoms with Crippen LogP contribution in [0.2, 0.25) is 0 Å². The fourth-order valence-corrected chi connectivity index (χ4v) is 0.866. The Bertz CT molecular complexity index is 154. The van der Waals surface area contributed by atoms with E-state index in [-0.39, 0.29) is 11.8 Å². The highest BCUT2D eigenvalue weighted by Gasteiger charge is 1.98. The molecule has 0 aromatic heterocycles. The molecule has 13 heavy (non-hydrogen) atoms. The molecule has 0 amide bonds. The molecular formula is C7H16N4O2. The predicted molar refractivity (Wildman–Crippen MR) is 49.1 cm³/mol. The van der Waals surface area contributed by atoms with E-state index in [1.165, 1.54) is 0 Å². The summed E-state index contributed by atoms with van der Waals surface area (Å²) < 4.78 is 0. The molecule has 0 aliphatic rings. The van der Waals surface area contributed by atoms with Crippen LogP contribution in [-0.2, 0) is 9.68 Å². The first-order valence-corrected chi connectivity index (χ1v) is 4.09. The average Bonchev–Trinajstić information content (AvgIpc) is 2.16. The number of rotatable bonds is 6. The normalized spacial score (nSPS) is 9.38. The van der Waals surface area contributed by atoms with E-state index in [2.05, 4.69) is 9.68 Å². The van der Waals surface area contributed by atoms with Crippen molar-refractivity contribution >= 4 is 11.8 Å². The van der Waals surface area contributed by atoms with E-state index in [0.29, 0.717) is 12.8 Å². The van der Waals surface area contributed by atoms with Crippen molar-refractivity contribution < 1.29 is 9.68 Å². The Morgan fingerprint density at radius 3 is 1.54 bits per heavy atom. The quantitative estimate of drug-likeness (QED) is 0.212. The monoisotopic (exact) mass is 188 g/mol. The molecular weight excluding hydrogens is 172 g/mol. The van der Waals surface area contributed by atoms with Crippen LogP contribution in [-0.4, -0.2) is 11.8 Å². The minimum atomic E-state index is 0.0881. The zero-order valence-electron chi connectivity index (χ0n) is 7.51. The lowest BCUT2D eigenvalue weighted by Gasteiger charge is -2.01. The molecule has 0 saturated carbocycles. The lowest BCUT2D eigenvalue weighted by atomic mass is 10.1. The van der Waals surface area contributed by atoms with E-state index < -0.39 is 0 Å². The third kappa shape index (κ3) is 7.23. The molecule has 76 valence electrons. The molecule has 0 radical (unpaired) electrons. The van der Waals surface area contributed by atoms with Crippen molar-refractivity contribution in [3.63, 3.8) is 0 Å². The van der Waals surface area contributed by atoms with Crippen molar-refractivity contribution in [2.45, 2.75) is 32.1 Å². The predicted octanol–water partition coefficient (Wildman–Crippen LogP) is 0.672. The molecule has 0 aromatic carbocycles. The van der Waals surface area contributed by atoms with Crippen LogP contribution in [0.15, 0.2) is 0 Å². The molecule has 6 nitrogen and oxygen atoms in total. The van der Waals surface area contributed by atoms with Crippen LogP contribution in [0.4, 0.5) is 0 Å². The summed E-state index contributed by atoms with van der Waals surface area (Å²) in [5.74, 6) is 9.70. The Kier molecular flexibility index (Phi) is 6.85. The average molecular weight is 188 g/mol. The van der Waals surface area contributed by atoms with Gasteiger partial charge in [-0.3, -0.25) is 10.8 Å². The van der Waals surface area contributed by atoms with E-state index in [9.17, 15) is 0 Å². The third-order valence-corrected chi connectivity index (χ3v) is 1.59. The Morgan fingerprint density at radius 2 is 1.23 bits per heavy atom. The van der Waals surface area contributed by atoms with Gasteiger partial charge in [-0.25, -0.2) is 0 Å².